The van der Waals surface area contributed by atoms with Crippen LogP contribution in [-0.4, -0.2) is 53.9 Å². The van der Waals surface area contributed by atoms with E-state index in [1.165, 1.54) is 6.20 Å². The highest BCUT2D eigenvalue weighted by Crippen LogP contribution is 2.47. The standard InChI is InChI=1S/C28H29N3O6/c1-35-23-7-3-2-5-17(23)15-30-26(33)13-20-12-22-21-11-19(31-28(34)18-6-4-10-29-14-18)8-9-24(21)37-27(22)25(16-32)36-20/h2-11,14,20,22,25,27,32H,12-13,15-16H2,1H3,(H,30,33)(H,31,34)/t20-,22+,25+,27-/m1/s1. The second kappa shape index (κ2) is 11.0. The van der Waals surface area contributed by atoms with Crippen molar-refractivity contribution in [1.29, 1.82) is 0 Å². The van der Waals surface area contributed by atoms with Crippen LogP contribution in [0.2, 0.25) is 0 Å². The van der Waals surface area contributed by atoms with Gasteiger partial charge in [0.1, 0.15) is 23.7 Å². The van der Waals surface area contributed by atoms with Crippen molar-refractivity contribution in [3.63, 3.8) is 0 Å². The minimum atomic E-state index is -0.563. The lowest BCUT2D eigenvalue weighted by atomic mass is 9.84. The zero-order valence-electron chi connectivity index (χ0n) is 20.4. The van der Waals surface area contributed by atoms with Crippen molar-refractivity contribution in [2.24, 2.45) is 0 Å². The number of carbonyl (C=O) groups excluding carboxylic acids is 2. The summed E-state index contributed by atoms with van der Waals surface area (Å²) in [5.41, 5.74) is 2.91. The number of benzene rings is 2. The molecule has 4 atom stereocenters. The molecular weight excluding hydrogens is 474 g/mol. The number of aliphatic hydroxyl groups excluding tert-OH is 1. The Morgan fingerprint density at radius 1 is 1.16 bits per heavy atom. The Bertz CT molecular complexity index is 1270. The molecule has 1 aromatic heterocycles. The lowest BCUT2D eigenvalue weighted by molar-refractivity contribution is -0.142. The highest BCUT2D eigenvalue weighted by atomic mass is 16.6. The number of pyridine rings is 1. The number of ether oxygens (including phenoxy) is 3. The molecule has 2 aliphatic heterocycles. The number of amides is 2. The maximum Gasteiger partial charge on any atom is 0.257 e. The van der Waals surface area contributed by atoms with E-state index in [9.17, 15) is 14.7 Å². The summed E-state index contributed by atoms with van der Waals surface area (Å²) in [7, 11) is 1.60. The van der Waals surface area contributed by atoms with Crippen molar-refractivity contribution < 1.29 is 28.9 Å². The molecule has 1 saturated heterocycles. The van der Waals surface area contributed by atoms with Gasteiger partial charge in [-0.1, -0.05) is 18.2 Å². The lowest BCUT2D eigenvalue weighted by Crippen LogP contribution is -2.47. The number of anilines is 1. The van der Waals surface area contributed by atoms with Gasteiger partial charge in [0, 0.05) is 41.7 Å². The summed E-state index contributed by atoms with van der Waals surface area (Å²) in [4.78, 5) is 29.3. The molecule has 0 spiro atoms. The van der Waals surface area contributed by atoms with Gasteiger partial charge in [0.05, 0.1) is 31.8 Å². The Balaban J connectivity index is 1.26. The number of hydrogen-bond donors (Lipinski definition) is 3. The van der Waals surface area contributed by atoms with Crippen LogP contribution in [0.3, 0.4) is 0 Å². The zero-order chi connectivity index (χ0) is 25.8. The summed E-state index contributed by atoms with van der Waals surface area (Å²) in [6.45, 7) is 0.121. The van der Waals surface area contributed by atoms with Crippen molar-refractivity contribution in [2.75, 3.05) is 19.0 Å². The largest absolute Gasteiger partial charge is 0.496 e. The fourth-order valence-corrected chi connectivity index (χ4v) is 4.99. The van der Waals surface area contributed by atoms with E-state index in [0.717, 1.165) is 11.1 Å². The van der Waals surface area contributed by atoms with E-state index in [-0.39, 0.29) is 43.0 Å². The van der Waals surface area contributed by atoms with Gasteiger partial charge >= 0.3 is 0 Å². The quantitative estimate of drug-likeness (QED) is 0.432. The van der Waals surface area contributed by atoms with Crippen molar-refractivity contribution in [1.82, 2.24) is 10.3 Å². The molecule has 192 valence electrons. The predicted molar refractivity (Wildman–Crippen MR) is 136 cm³/mol. The van der Waals surface area contributed by atoms with E-state index in [1.54, 1.807) is 31.5 Å². The Hall–Kier alpha value is -3.95. The average molecular weight is 504 g/mol. The van der Waals surface area contributed by atoms with Gasteiger partial charge in [0.2, 0.25) is 5.91 Å². The van der Waals surface area contributed by atoms with E-state index in [2.05, 4.69) is 15.6 Å². The SMILES string of the molecule is COc1ccccc1CNC(=O)C[C@H]1C[C@H]2c3cc(NC(=O)c4cccnc4)ccc3O[C@H]2[C@H](CO)O1. The molecule has 0 radical (unpaired) electrons. The van der Waals surface area contributed by atoms with Crippen LogP contribution in [0, 0.1) is 0 Å². The molecule has 1 fully saturated rings. The van der Waals surface area contributed by atoms with Crippen molar-refractivity contribution >= 4 is 17.5 Å². The van der Waals surface area contributed by atoms with E-state index in [1.807, 2.05) is 36.4 Å². The first-order valence-electron chi connectivity index (χ1n) is 12.2. The molecule has 9 nitrogen and oxygen atoms in total. The van der Waals surface area contributed by atoms with E-state index in [4.69, 9.17) is 14.2 Å². The van der Waals surface area contributed by atoms with Crippen molar-refractivity contribution in [2.45, 2.75) is 43.6 Å². The molecule has 0 bridgehead atoms. The van der Waals surface area contributed by atoms with Gasteiger partial charge < -0.3 is 30.0 Å². The third kappa shape index (κ3) is 5.42. The van der Waals surface area contributed by atoms with Crippen LogP contribution < -0.4 is 20.1 Å². The maximum absolute atomic E-state index is 12.7. The summed E-state index contributed by atoms with van der Waals surface area (Å²) < 4.78 is 17.5. The Labute approximate surface area is 214 Å². The molecule has 2 amide bonds. The highest BCUT2D eigenvalue weighted by Gasteiger charge is 2.46. The summed E-state index contributed by atoms with van der Waals surface area (Å²) in [6, 6.07) is 16.4. The second-order valence-electron chi connectivity index (χ2n) is 9.14. The van der Waals surface area contributed by atoms with Gasteiger partial charge in [0.15, 0.2) is 0 Å². The van der Waals surface area contributed by atoms with Crippen LogP contribution in [0.5, 0.6) is 11.5 Å². The predicted octanol–water partition coefficient (Wildman–Crippen LogP) is 3.04. The van der Waals surface area contributed by atoms with Gasteiger partial charge in [0.25, 0.3) is 5.91 Å². The zero-order valence-corrected chi connectivity index (χ0v) is 20.4. The Morgan fingerprint density at radius 2 is 2.03 bits per heavy atom. The number of nitrogens with zero attached hydrogens (tertiary/aromatic N) is 1. The number of aromatic nitrogens is 1. The fraction of sp³-hybridized carbons (Fsp3) is 0.321. The Morgan fingerprint density at radius 3 is 2.81 bits per heavy atom. The number of rotatable bonds is 8. The molecule has 3 heterocycles. The molecule has 37 heavy (non-hydrogen) atoms. The molecule has 2 aliphatic rings. The second-order valence-corrected chi connectivity index (χ2v) is 9.14. The van der Waals surface area contributed by atoms with Crippen molar-refractivity contribution in [3.05, 3.63) is 83.7 Å². The summed E-state index contributed by atoms with van der Waals surface area (Å²) in [5, 5.41) is 15.8. The third-order valence-electron chi connectivity index (χ3n) is 6.76. The summed E-state index contributed by atoms with van der Waals surface area (Å²) >= 11 is 0. The molecule has 9 heteroatoms. The monoisotopic (exact) mass is 503 g/mol. The van der Waals surface area contributed by atoms with Gasteiger partial charge in [-0.15, -0.1) is 0 Å². The smallest absolute Gasteiger partial charge is 0.257 e. The minimum Gasteiger partial charge on any atom is -0.496 e. The molecule has 0 saturated carbocycles. The number of aliphatic hydroxyl groups is 1. The number of hydrogen-bond acceptors (Lipinski definition) is 7. The summed E-state index contributed by atoms with van der Waals surface area (Å²) in [6.07, 6.45) is 2.51. The molecule has 2 aromatic carbocycles. The van der Waals surface area contributed by atoms with Crippen LogP contribution in [0.25, 0.3) is 0 Å². The van der Waals surface area contributed by atoms with E-state index >= 15 is 0 Å². The van der Waals surface area contributed by atoms with Gasteiger partial charge in [-0.05, 0) is 42.8 Å². The van der Waals surface area contributed by atoms with Crippen LogP contribution in [-0.2, 0) is 16.1 Å². The fourth-order valence-electron chi connectivity index (χ4n) is 4.99. The number of methoxy groups -OCH3 is 1. The van der Waals surface area contributed by atoms with Gasteiger partial charge in [-0.2, -0.15) is 0 Å². The average Bonchev–Trinajstić information content (AvgIpc) is 3.30. The molecule has 3 N–H and O–H groups in total. The topological polar surface area (TPSA) is 119 Å². The van der Waals surface area contributed by atoms with Crippen LogP contribution in [0.1, 0.15) is 40.2 Å². The lowest BCUT2D eigenvalue weighted by Gasteiger charge is -2.37. The number of nitrogens with one attached hydrogen (secondary N) is 2. The molecule has 3 aromatic rings. The van der Waals surface area contributed by atoms with Crippen LogP contribution in [0.15, 0.2) is 67.0 Å². The van der Waals surface area contributed by atoms with E-state index < -0.39 is 6.10 Å². The third-order valence-corrected chi connectivity index (χ3v) is 6.76. The van der Waals surface area contributed by atoms with Gasteiger partial charge in [-0.3, -0.25) is 14.6 Å². The normalized spacial score (nSPS) is 21.8. The van der Waals surface area contributed by atoms with Crippen LogP contribution >= 0.6 is 0 Å². The van der Waals surface area contributed by atoms with Crippen molar-refractivity contribution in [3.8, 4) is 11.5 Å². The number of para-hydroxylation sites is 1. The molecular formula is C28H29N3O6. The maximum atomic E-state index is 12.7. The number of carbonyl (C=O) groups is 2. The van der Waals surface area contributed by atoms with Crippen LogP contribution in [0.4, 0.5) is 5.69 Å². The molecule has 0 aliphatic carbocycles. The summed E-state index contributed by atoms with van der Waals surface area (Å²) in [5.74, 6) is 0.919. The first-order chi connectivity index (χ1) is 18.1. The molecule has 0 unspecified atom stereocenters. The van der Waals surface area contributed by atoms with Gasteiger partial charge in [-0.25, -0.2) is 0 Å². The Kier molecular flexibility index (Phi) is 7.34. The first kappa shape index (κ1) is 24.7. The highest BCUT2D eigenvalue weighted by molar-refractivity contribution is 6.04. The van der Waals surface area contributed by atoms with E-state index in [0.29, 0.717) is 35.7 Å². The molecule has 5 rings (SSSR count). The number of fused-ring (bicyclic) bond motifs is 3. The minimum absolute atomic E-state index is 0.0804. The first-order valence-corrected chi connectivity index (χ1v) is 12.2.